The first kappa shape index (κ1) is 18.1. The van der Waals surface area contributed by atoms with Gasteiger partial charge in [0.15, 0.2) is 17.3 Å². The number of aryl methyl sites for hydroxylation is 1. The zero-order valence-electron chi connectivity index (χ0n) is 14.6. The van der Waals surface area contributed by atoms with E-state index in [-0.39, 0.29) is 18.1 Å². The van der Waals surface area contributed by atoms with Gasteiger partial charge in [-0.1, -0.05) is 43.3 Å². The Morgan fingerprint density at radius 1 is 0.923 bits per heavy atom. The van der Waals surface area contributed by atoms with Crippen LogP contribution < -0.4 is 9.47 Å². The van der Waals surface area contributed by atoms with Crippen molar-refractivity contribution in [2.24, 2.45) is 0 Å². The lowest BCUT2D eigenvalue weighted by atomic mass is 9.99. The Bertz CT molecular complexity index is 905. The molecule has 0 N–H and O–H groups in total. The fraction of sp³-hybridized carbons (Fsp3) is 0.238. The number of halogens is 3. The lowest BCUT2D eigenvalue weighted by molar-refractivity contribution is -0.0515. The van der Waals surface area contributed by atoms with Gasteiger partial charge >= 0.3 is 6.61 Å². The Morgan fingerprint density at radius 2 is 1.62 bits per heavy atom. The molecule has 0 bridgehead atoms. The summed E-state index contributed by atoms with van der Waals surface area (Å²) in [6, 6.07) is 14.6. The smallest absolute Gasteiger partial charge is 0.387 e. The van der Waals surface area contributed by atoms with Crippen molar-refractivity contribution >= 4 is 10.8 Å². The summed E-state index contributed by atoms with van der Waals surface area (Å²) < 4.78 is 49.8. The molecule has 5 heteroatoms. The second kappa shape index (κ2) is 7.68. The third kappa shape index (κ3) is 3.62. The molecule has 3 aromatic rings. The molecule has 0 aromatic heterocycles. The summed E-state index contributed by atoms with van der Waals surface area (Å²) in [5.41, 5.74) is 3.05. The van der Waals surface area contributed by atoms with Crippen LogP contribution >= 0.6 is 0 Å². The fourth-order valence-electron chi connectivity index (χ4n) is 2.89. The summed E-state index contributed by atoms with van der Waals surface area (Å²) in [6.45, 7) is 0.813. The second-order valence-electron chi connectivity index (χ2n) is 5.82. The first-order chi connectivity index (χ1) is 12.5. The highest BCUT2D eigenvalue weighted by molar-refractivity contribution is 5.90. The van der Waals surface area contributed by atoms with Gasteiger partial charge in [0.2, 0.25) is 0 Å². The Kier molecular flexibility index (Phi) is 5.35. The minimum Gasteiger partial charge on any atom is -0.487 e. The van der Waals surface area contributed by atoms with E-state index in [2.05, 4.69) is 11.7 Å². The maximum atomic E-state index is 14.8. The van der Waals surface area contributed by atoms with E-state index in [9.17, 15) is 13.2 Å². The molecule has 3 rings (SSSR count). The quantitative estimate of drug-likeness (QED) is 0.520. The SMILES string of the molecule is CCOc1c(OC(F)F)cc2cc(-c3ccc(CC)cc3)ccc2c1F. The Hall–Kier alpha value is -2.69. The topological polar surface area (TPSA) is 18.5 Å². The predicted octanol–water partition coefficient (Wildman–Crippen LogP) is 6.21. The molecule has 0 saturated carbocycles. The lowest BCUT2D eigenvalue weighted by Gasteiger charge is -2.14. The van der Waals surface area contributed by atoms with Crippen molar-refractivity contribution in [3.63, 3.8) is 0 Å². The summed E-state index contributed by atoms with van der Waals surface area (Å²) in [7, 11) is 0. The molecule has 2 nitrogen and oxygen atoms in total. The number of alkyl halides is 2. The van der Waals surface area contributed by atoms with Gasteiger partial charge in [0.1, 0.15) is 0 Å². The number of hydrogen-bond donors (Lipinski definition) is 0. The molecule has 0 spiro atoms. The molecule has 136 valence electrons. The number of rotatable bonds is 6. The van der Waals surface area contributed by atoms with Gasteiger partial charge in [-0.05, 0) is 47.6 Å². The Labute approximate surface area is 150 Å². The summed E-state index contributed by atoms with van der Waals surface area (Å²) in [4.78, 5) is 0. The highest BCUT2D eigenvalue weighted by Gasteiger charge is 2.19. The summed E-state index contributed by atoms with van der Waals surface area (Å²) in [5.74, 6) is -1.29. The Balaban J connectivity index is 2.11. The minimum absolute atomic E-state index is 0.143. The van der Waals surface area contributed by atoms with Gasteiger partial charge < -0.3 is 9.47 Å². The van der Waals surface area contributed by atoms with E-state index in [0.717, 1.165) is 17.5 Å². The van der Waals surface area contributed by atoms with E-state index >= 15 is 0 Å². The van der Waals surface area contributed by atoms with Crippen LogP contribution in [0.5, 0.6) is 11.5 Å². The molecule has 0 atom stereocenters. The third-order valence-electron chi connectivity index (χ3n) is 4.20. The molecular weight excluding hydrogens is 341 g/mol. The van der Waals surface area contributed by atoms with Crippen molar-refractivity contribution in [3.05, 3.63) is 59.9 Å². The van der Waals surface area contributed by atoms with Gasteiger partial charge in [0.25, 0.3) is 0 Å². The molecule has 0 heterocycles. The van der Waals surface area contributed by atoms with Crippen molar-refractivity contribution in [1.82, 2.24) is 0 Å². The standard InChI is InChI=1S/C21H19F3O2/c1-3-13-5-7-14(8-6-13)15-9-10-17-16(11-15)12-18(26-21(23)24)20(19(17)22)25-4-2/h5-12,21H,3-4H2,1-2H3. The first-order valence-electron chi connectivity index (χ1n) is 8.46. The van der Waals surface area contributed by atoms with Crippen molar-refractivity contribution in [2.75, 3.05) is 6.61 Å². The number of fused-ring (bicyclic) bond motifs is 1. The third-order valence-corrected chi connectivity index (χ3v) is 4.20. The van der Waals surface area contributed by atoms with Crippen molar-refractivity contribution in [1.29, 1.82) is 0 Å². The molecular formula is C21H19F3O2. The lowest BCUT2D eigenvalue weighted by Crippen LogP contribution is -2.06. The van der Waals surface area contributed by atoms with Gasteiger partial charge in [0.05, 0.1) is 6.61 Å². The van der Waals surface area contributed by atoms with Crippen molar-refractivity contribution in [2.45, 2.75) is 26.9 Å². The number of ether oxygens (including phenoxy) is 2. The number of benzene rings is 3. The second-order valence-corrected chi connectivity index (χ2v) is 5.82. The monoisotopic (exact) mass is 360 g/mol. The van der Waals surface area contributed by atoms with Gasteiger partial charge in [-0.2, -0.15) is 8.78 Å². The maximum absolute atomic E-state index is 14.8. The molecule has 0 saturated heterocycles. The van der Waals surface area contributed by atoms with E-state index in [0.29, 0.717) is 10.8 Å². The average Bonchev–Trinajstić information content (AvgIpc) is 2.64. The van der Waals surface area contributed by atoms with Gasteiger partial charge in [-0.15, -0.1) is 0 Å². The van der Waals surface area contributed by atoms with Crippen LogP contribution in [0.1, 0.15) is 19.4 Å². The van der Waals surface area contributed by atoms with E-state index in [4.69, 9.17) is 4.74 Å². The van der Waals surface area contributed by atoms with E-state index in [1.807, 2.05) is 24.3 Å². The van der Waals surface area contributed by atoms with Gasteiger partial charge in [-0.25, -0.2) is 4.39 Å². The zero-order chi connectivity index (χ0) is 18.7. The van der Waals surface area contributed by atoms with Crippen LogP contribution in [0.25, 0.3) is 21.9 Å². The van der Waals surface area contributed by atoms with Crippen LogP contribution in [0.2, 0.25) is 0 Å². The molecule has 0 amide bonds. The van der Waals surface area contributed by atoms with Crippen LogP contribution in [0.3, 0.4) is 0 Å². The predicted molar refractivity (Wildman–Crippen MR) is 96.5 cm³/mol. The average molecular weight is 360 g/mol. The van der Waals surface area contributed by atoms with Crippen LogP contribution in [-0.2, 0) is 6.42 Å². The first-order valence-corrected chi connectivity index (χ1v) is 8.46. The Morgan fingerprint density at radius 3 is 2.23 bits per heavy atom. The largest absolute Gasteiger partial charge is 0.487 e. The van der Waals surface area contributed by atoms with Crippen LogP contribution in [0, 0.1) is 5.82 Å². The molecule has 26 heavy (non-hydrogen) atoms. The molecule has 0 radical (unpaired) electrons. The highest BCUT2D eigenvalue weighted by atomic mass is 19.3. The highest BCUT2D eigenvalue weighted by Crippen LogP contribution is 2.38. The van der Waals surface area contributed by atoms with Crippen LogP contribution in [0.4, 0.5) is 13.2 Å². The van der Waals surface area contributed by atoms with Gasteiger partial charge in [0, 0.05) is 5.39 Å². The summed E-state index contributed by atoms with van der Waals surface area (Å²) in [6.07, 6.45) is 0.942. The van der Waals surface area contributed by atoms with Crippen LogP contribution in [0.15, 0.2) is 48.5 Å². The van der Waals surface area contributed by atoms with E-state index in [1.165, 1.54) is 11.6 Å². The van der Waals surface area contributed by atoms with Crippen LogP contribution in [-0.4, -0.2) is 13.2 Å². The molecule has 0 aliphatic carbocycles. The van der Waals surface area contributed by atoms with Crippen molar-refractivity contribution in [3.8, 4) is 22.6 Å². The van der Waals surface area contributed by atoms with Gasteiger partial charge in [-0.3, -0.25) is 0 Å². The normalized spacial score (nSPS) is 11.2. The summed E-state index contributed by atoms with van der Waals surface area (Å²) in [5, 5.41) is 0.766. The molecule has 3 aromatic carbocycles. The molecule has 0 unspecified atom stereocenters. The van der Waals surface area contributed by atoms with E-state index < -0.39 is 12.4 Å². The van der Waals surface area contributed by atoms with E-state index in [1.54, 1.807) is 25.1 Å². The van der Waals surface area contributed by atoms with Crippen molar-refractivity contribution < 1.29 is 22.6 Å². The molecule has 0 aliphatic rings. The minimum atomic E-state index is -3.06. The zero-order valence-corrected chi connectivity index (χ0v) is 14.6. The summed E-state index contributed by atoms with van der Waals surface area (Å²) >= 11 is 0. The molecule has 0 fully saturated rings. The number of hydrogen-bond acceptors (Lipinski definition) is 2. The maximum Gasteiger partial charge on any atom is 0.387 e. The molecule has 0 aliphatic heterocycles. The fourth-order valence-corrected chi connectivity index (χ4v) is 2.89.